The number of hydrogen-bond acceptors (Lipinski definition) is 4. The Morgan fingerprint density at radius 3 is 2.37 bits per heavy atom. The minimum absolute atomic E-state index is 0.0242. The molecule has 3 rings (SSSR count). The van der Waals surface area contributed by atoms with Crippen molar-refractivity contribution in [1.29, 1.82) is 0 Å². The Balaban J connectivity index is 2.04. The summed E-state index contributed by atoms with van der Waals surface area (Å²) in [5.41, 5.74) is 1.61. The zero-order chi connectivity index (χ0) is 19.6. The van der Waals surface area contributed by atoms with E-state index >= 15 is 0 Å². The molecule has 0 saturated carbocycles. The van der Waals surface area contributed by atoms with Gasteiger partial charge in [0.05, 0.1) is 11.3 Å². The fourth-order valence-corrected chi connectivity index (χ4v) is 2.90. The van der Waals surface area contributed by atoms with Gasteiger partial charge < -0.3 is 4.74 Å². The number of ether oxygens (including phenoxy) is 1. The molecule has 1 heterocycles. The lowest BCUT2D eigenvalue weighted by Crippen LogP contribution is -2.23. The van der Waals surface area contributed by atoms with Gasteiger partial charge in [-0.05, 0) is 40.1 Å². The van der Waals surface area contributed by atoms with E-state index in [4.69, 9.17) is 4.74 Å². The first-order valence-corrected chi connectivity index (χ1v) is 8.51. The summed E-state index contributed by atoms with van der Waals surface area (Å²) >= 11 is 0. The molecule has 0 fully saturated rings. The van der Waals surface area contributed by atoms with E-state index in [2.05, 4.69) is 10.4 Å². The number of hydrogen-bond donors (Lipinski definition) is 0. The maximum atomic E-state index is 13.2. The molecule has 0 atom stereocenters. The summed E-state index contributed by atoms with van der Waals surface area (Å²) in [6.07, 6.45) is -2.64. The number of rotatable bonds is 6. The normalized spacial score (nSPS) is 11.4. The molecule has 2 aromatic carbocycles. The quantitative estimate of drug-likeness (QED) is 0.661. The van der Waals surface area contributed by atoms with Crippen molar-refractivity contribution in [2.45, 2.75) is 32.8 Å². The molecule has 1 aromatic heterocycles. The number of para-hydroxylation sites is 1. The van der Waals surface area contributed by atoms with E-state index in [1.54, 1.807) is 18.2 Å². The van der Waals surface area contributed by atoms with Gasteiger partial charge in [0.2, 0.25) is 0 Å². The Kier molecular flexibility index (Phi) is 5.34. The number of benzene rings is 2. The molecule has 0 saturated heterocycles. The Hall–Kier alpha value is -3.03. The number of halogens is 2. The zero-order valence-electron chi connectivity index (χ0n) is 15.3. The number of aromatic nitrogens is 4. The molecule has 0 radical (unpaired) electrons. The largest absolute Gasteiger partial charge is 0.488 e. The Bertz CT molecular complexity index is 995. The fourth-order valence-electron chi connectivity index (χ4n) is 2.90. The predicted octanol–water partition coefficient (Wildman–Crippen LogP) is 3.61. The minimum Gasteiger partial charge on any atom is -0.488 e. The molecule has 27 heavy (non-hydrogen) atoms. The Morgan fingerprint density at radius 1 is 1.04 bits per heavy atom. The van der Waals surface area contributed by atoms with Crippen LogP contribution in [0, 0.1) is 0 Å². The molecule has 6 nitrogen and oxygen atoms in total. The summed E-state index contributed by atoms with van der Waals surface area (Å²) in [7, 11) is 1.51. The van der Waals surface area contributed by atoms with Gasteiger partial charge in [0.1, 0.15) is 12.4 Å². The van der Waals surface area contributed by atoms with Gasteiger partial charge in [-0.1, -0.05) is 38.1 Å². The zero-order valence-corrected chi connectivity index (χ0v) is 15.3. The van der Waals surface area contributed by atoms with Crippen LogP contribution in [0.3, 0.4) is 0 Å². The van der Waals surface area contributed by atoms with Crippen molar-refractivity contribution in [3.05, 3.63) is 69.6 Å². The number of aryl methyl sites for hydroxylation is 1. The summed E-state index contributed by atoms with van der Waals surface area (Å²) in [6, 6.07) is 11.5. The molecule has 0 N–H and O–H groups in total. The average Bonchev–Trinajstić information content (AvgIpc) is 2.98. The van der Waals surface area contributed by atoms with E-state index in [0.29, 0.717) is 11.3 Å². The second-order valence-corrected chi connectivity index (χ2v) is 6.42. The highest BCUT2D eigenvalue weighted by Gasteiger charge is 2.18. The lowest BCUT2D eigenvalue weighted by molar-refractivity contribution is 0.144. The molecule has 0 aliphatic carbocycles. The third-order valence-corrected chi connectivity index (χ3v) is 4.29. The van der Waals surface area contributed by atoms with Crippen molar-refractivity contribution in [2.24, 2.45) is 7.05 Å². The van der Waals surface area contributed by atoms with Gasteiger partial charge in [-0.25, -0.2) is 13.6 Å². The summed E-state index contributed by atoms with van der Waals surface area (Å²) in [5.74, 6) is 0.254. The Morgan fingerprint density at radius 2 is 1.74 bits per heavy atom. The molecule has 8 heteroatoms. The maximum Gasteiger partial charge on any atom is 0.368 e. The second kappa shape index (κ2) is 7.69. The van der Waals surface area contributed by atoms with Crippen molar-refractivity contribution in [3.63, 3.8) is 0 Å². The molecule has 0 unspecified atom stereocenters. The van der Waals surface area contributed by atoms with Crippen LogP contribution >= 0.6 is 0 Å². The molecule has 3 aromatic rings. The number of tetrazole rings is 1. The highest BCUT2D eigenvalue weighted by Crippen LogP contribution is 2.31. The van der Waals surface area contributed by atoms with Gasteiger partial charge >= 0.3 is 5.69 Å². The van der Waals surface area contributed by atoms with Gasteiger partial charge in [-0.3, -0.25) is 0 Å². The fraction of sp³-hybridized carbons (Fsp3) is 0.316. The highest BCUT2D eigenvalue weighted by molar-refractivity contribution is 5.47. The minimum atomic E-state index is -2.64. The van der Waals surface area contributed by atoms with Crippen molar-refractivity contribution in [1.82, 2.24) is 19.8 Å². The van der Waals surface area contributed by atoms with Crippen molar-refractivity contribution >= 4 is 0 Å². The number of nitrogens with zero attached hydrogens (tertiary/aromatic N) is 4. The van der Waals surface area contributed by atoms with E-state index < -0.39 is 12.1 Å². The third-order valence-electron chi connectivity index (χ3n) is 4.29. The van der Waals surface area contributed by atoms with Crippen LogP contribution in [-0.4, -0.2) is 19.8 Å². The maximum absolute atomic E-state index is 13.2. The monoisotopic (exact) mass is 374 g/mol. The summed E-state index contributed by atoms with van der Waals surface area (Å²) < 4.78 is 34.5. The van der Waals surface area contributed by atoms with E-state index in [1.165, 1.54) is 23.9 Å². The lowest BCUT2D eigenvalue weighted by atomic mass is 9.96. The lowest BCUT2D eigenvalue weighted by Gasteiger charge is -2.18. The van der Waals surface area contributed by atoms with Crippen molar-refractivity contribution in [3.8, 4) is 11.4 Å². The summed E-state index contributed by atoms with van der Waals surface area (Å²) in [5, 5.41) is 7.63. The summed E-state index contributed by atoms with van der Waals surface area (Å²) in [6.45, 7) is 4.04. The van der Waals surface area contributed by atoms with Crippen LogP contribution in [-0.2, 0) is 13.7 Å². The highest BCUT2D eigenvalue weighted by atomic mass is 19.3. The standard InChI is InChI=1S/C19H20F2N4O2/c1-12(2)13-8-6-9-16(25-19(26)24(3)22-23-25)15(13)11-27-17-10-5-4-7-14(17)18(20)21/h4-10,12,18H,11H2,1-3H3. The van der Waals surface area contributed by atoms with Crippen LogP contribution in [0.1, 0.15) is 42.9 Å². The van der Waals surface area contributed by atoms with E-state index in [1.807, 2.05) is 26.0 Å². The van der Waals surface area contributed by atoms with Crippen LogP contribution in [0.4, 0.5) is 8.78 Å². The molecule has 0 spiro atoms. The van der Waals surface area contributed by atoms with Crippen molar-refractivity contribution < 1.29 is 13.5 Å². The molecular formula is C19H20F2N4O2. The smallest absolute Gasteiger partial charge is 0.368 e. The van der Waals surface area contributed by atoms with Gasteiger partial charge in [0, 0.05) is 12.6 Å². The van der Waals surface area contributed by atoms with Crippen LogP contribution < -0.4 is 10.4 Å². The first-order valence-electron chi connectivity index (χ1n) is 8.51. The molecular weight excluding hydrogens is 354 g/mol. The van der Waals surface area contributed by atoms with Gasteiger partial charge in [0.15, 0.2) is 0 Å². The van der Waals surface area contributed by atoms with Gasteiger partial charge in [-0.2, -0.15) is 9.36 Å². The first kappa shape index (κ1) is 18.8. The van der Waals surface area contributed by atoms with Gasteiger partial charge in [-0.15, -0.1) is 0 Å². The predicted molar refractivity (Wildman–Crippen MR) is 96.4 cm³/mol. The topological polar surface area (TPSA) is 61.9 Å². The third kappa shape index (κ3) is 3.74. The van der Waals surface area contributed by atoms with E-state index in [9.17, 15) is 13.6 Å². The molecule has 0 amide bonds. The second-order valence-electron chi connectivity index (χ2n) is 6.42. The van der Waals surface area contributed by atoms with Crippen molar-refractivity contribution in [2.75, 3.05) is 0 Å². The van der Waals surface area contributed by atoms with Gasteiger partial charge in [0.25, 0.3) is 6.43 Å². The van der Waals surface area contributed by atoms with E-state index in [-0.39, 0.29) is 23.8 Å². The summed E-state index contributed by atoms with van der Waals surface area (Å²) in [4.78, 5) is 12.3. The van der Waals surface area contributed by atoms with E-state index in [0.717, 1.165) is 10.2 Å². The van der Waals surface area contributed by atoms with Crippen LogP contribution in [0.25, 0.3) is 5.69 Å². The average molecular weight is 374 g/mol. The molecule has 0 aliphatic rings. The molecule has 142 valence electrons. The molecule has 0 aliphatic heterocycles. The van der Waals surface area contributed by atoms with Crippen LogP contribution in [0.15, 0.2) is 47.3 Å². The Labute approximate surface area is 155 Å². The van der Waals surface area contributed by atoms with Crippen LogP contribution in [0.2, 0.25) is 0 Å². The molecule has 0 bridgehead atoms. The number of alkyl halides is 2. The SMILES string of the molecule is CC(C)c1cccc(-n2nnn(C)c2=O)c1COc1ccccc1C(F)F. The first-order chi connectivity index (χ1) is 12.9. The van der Waals surface area contributed by atoms with Crippen LogP contribution in [0.5, 0.6) is 5.75 Å².